The summed E-state index contributed by atoms with van der Waals surface area (Å²) in [6.07, 6.45) is -0.869. The van der Waals surface area contributed by atoms with Crippen LogP contribution in [0.3, 0.4) is 0 Å². The molecule has 0 aromatic rings. The van der Waals surface area contributed by atoms with Gasteiger partial charge in [0.25, 0.3) is 5.92 Å². The quantitative estimate of drug-likeness (QED) is 0.645. The lowest BCUT2D eigenvalue weighted by Crippen LogP contribution is -2.24. The van der Waals surface area contributed by atoms with Crippen LogP contribution in [0.4, 0.5) is 13.2 Å². The van der Waals surface area contributed by atoms with Crippen LogP contribution in [0.15, 0.2) is 0 Å². The van der Waals surface area contributed by atoms with Crippen LogP contribution in [0.5, 0.6) is 0 Å². The Labute approximate surface area is 54.6 Å². The van der Waals surface area contributed by atoms with Crippen LogP contribution >= 0.6 is 0 Å². The minimum Gasteiger partial charge on any atom is -0.481 e. The Hall–Kier alpha value is -0.740. The largest absolute Gasteiger partial charge is 0.481 e. The van der Waals surface area contributed by atoms with Gasteiger partial charge in [0.05, 0.1) is 0 Å². The third-order valence-corrected chi connectivity index (χ3v) is 1.74. The number of rotatable bonds is 2. The van der Waals surface area contributed by atoms with E-state index in [1.165, 1.54) is 0 Å². The van der Waals surface area contributed by atoms with Crippen LogP contribution in [0, 0.1) is 5.41 Å². The second-order valence-electron chi connectivity index (χ2n) is 2.40. The molecule has 1 fully saturated rings. The van der Waals surface area contributed by atoms with Gasteiger partial charge in [0, 0.05) is 6.42 Å². The predicted octanol–water partition coefficient (Wildman–Crippen LogP) is 1.07. The number of halogens is 3. The zero-order valence-corrected chi connectivity index (χ0v) is 4.90. The fourth-order valence-electron chi connectivity index (χ4n) is 0.769. The van der Waals surface area contributed by atoms with Gasteiger partial charge in [-0.15, -0.1) is 0 Å². The summed E-state index contributed by atoms with van der Waals surface area (Å²) in [4.78, 5) is 10.0. The van der Waals surface area contributed by atoms with E-state index in [2.05, 4.69) is 0 Å². The number of carbonyl (C=O) groups is 1. The maximum Gasteiger partial charge on any atom is 0.318 e. The lowest BCUT2D eigenvalue weighted by Gasteiger charge is -2.03. The van der Waals surface area contributed by atoms with E-state index in [1.807, 2.05) is 0 Å². The fourth-order valence-corrected chi connectivity index (χ4v) is 0.769. The molecule has 2 nitrogen and oxygen atoms in total. The molecule has 0 heterocycles. The topological polar surface area (TPSA) is 37.3 Å². The molecule has 0 aliphatic heterocycles. The summed E-state index contributed by atoms with van der Waals surface area (Å²) in [5.74, 6) is -5.09. The molecule has 1 N–H and O–H groups in total. The van der Waals surface area contributed by atoms with E-state index in [1.54, 1.807) is 0 Å². The molecule has 0 aromatic heterocycles. The number of hydrogen-bond acceptors (Lipinski definition) is 1. The molecule has 0 radical (unpaired) electrons. The van der Waals surface area contributed by atoms with Crippen molar-refractivity contribution in [3.63, 3.8) is 0 Å². The number of carboxylic acids is 1. The van der Waals surface area contributed by atoms with E-state index in [0.29, 0.717) is 0 Å². The molecule has 10 heavy (non-hydrogen) atoms. The average Bonchev–Trinajstić information content (AvgIpc) is 2.35. The first-order chi connectivity index (χ1) is 4.46. The third kappa shape index (κ3) is 0.629. The molecule has 0 spiro atoms. The molecule has 1 rings (SSSR count). The summed E-state index contributed by atoms with van der Waals surface area (Å²) in [7, 11) is 0. The Morgan fingerprint density at radius 1 is 1.60 bits per heavy atom. The Kier molecular flexibility index (Phi) is 1.21. The molecule has 0 amide bonds. The maximum atomic E-state index is 12.1. The van der Waals surface area contributed by atoms with Crippen LogP contribution in [-0.2, 0) is 4.79 Å². The molecule has 1 aliphatic carbocycles. The molecule has 0 bridgehead atoms. The van der Waals surface area contributed by atoms with E-state index < -0.39 is 30.4 Å². The van der Waals surface area contributed by atoms with Gasteiger partial charge in [-0.05, 0) is 0 Å². The minimum absolute atomic E-state index is 0.869. The number of alkyl halides is 3. The Morgan fingerprint density at radius 2 is 2.00 bits per heavy atom. The predicted molar refractivity (Wildman–Crippen MR) is 25.6 cm³/mol. The standard InChI is InChI=1S/C5H5F3O2/c6-2-4(3(9)10)1-5(4,7)8/h1-2H2,(H,9,10). The molecular formula is C5H5F3O2. The van der Waals surface area contributed by atoms with Gasteiger partial charge in [0.15, 0.2) is 5.41 Å². The molecule has 58 valence electrons. The molecule has 1 saturated carbocycles. The summed E-state index contributed by atoms with van der Waals surface area (Å²) in [6, 6.07) is 0. The molecule has 1 unspecified atom stereocenters. The van der Waals surface area contributed by atoms with Gasteiger partial charge in [-0.3, -0.25) is 4.79 Å². The first-order valence-corrected chi connectivity index (χ1v) is 2.63. The van der Waals surface area contributed by atoms with E-state index >= 15 is 0 Å². The maximum absolute atomic E-state index is 12.1. The van der Waals surface area contributed by atoms with Gasteiger partial charge >= 0.3 is 5.97 Å². The highest BCUT2D eigenvalue weighted by atomic mass is 19.3. The van der Waals surface area contributed by atoms with Crippen LogP contribution in [0.25, 0.3) is 0 Å². The van der Waals surface area contributed by atoms with Crippen LogP contribution in [-0.4, -0.2) is 23.7 Å². The number of carboxylic acid groups (broad SMARTS) is 1. The first-order valence-electron chi connectivity index (χ1n) is 2.63. The summed E-state index contributed by atoms with van der Waals surface area (Å²) in [5, 5.41) is 8.12. The van der Waals surface area contributed by atoms with Gasteiger partial charge < -0.3 is 5.11 Å². The van der Waals surface area contributed by atoms with Crippen LogP contribution in [0.2, 0.25) is 0 Å². The smallest absolute Gasteiger partial charge is 0.318 e. The monoisotopic (exact) mass is 154 g/mol. The highest BCUT2D eigenvalue weighted by Gasteiger charge is 2.76. The van der Waals surface area contributed by atoms with Crippen molar-refractivity contribution < 1.29 is 23.1 Å². The normalized spacial score (nSPS) is 35.5. The fraction of sp³-hybridized carbons (Fsp3) is 0.800. The van der Waals surface area contributed by atoms with Crippen molar-refractivity contribution >= 4 is 5.97 Å². The van der Waals surface area contributed by atoms with Crippen molar-refractivity contribution in [2.24, 2.45) is 5.41 Å². The van der Waals surface area contributed by atoms with Gasteiger partial charge in [-0.25, -0.2) is 13.2 Å². The van der Waals surface area contributed by atoms with Gasteiger partial charge in [-0.2, -0.15) is 0 Å². The van der Waals surface area contributed by atoms with Gasteiger partial charge in [-0.1, -0.05) is 0 Å². The minimum atomic E-state index is -3.34. The van der Waals surface area contributed by atoms with Crippen molar-refractivity contribution in [3.8, 4) is 0 Å². The highest BCUT2D eigenvalue weighted by Crippen LogP contribution is 2.60. The molecule has 0 aromatic carbocycles. The summed E-state index contributed by atoms with van der Waals surface area (Å²) in [6.45, 7) is -1.49. The van der Waals surface area contributed by atoms with E-state index in [4.69, 9.17) is 5.11 Å². The highest BCUT2D eigenvalue weighted by molar-refractivity contribution is 5.80. The van der Waals surface area contributed by atoms with Crippen molar-refractivity contribution in [2.45, 2.75) is 12.3 Å². The summed E-state index contributed by atoms with van der Waals surface area (Å²) in [5.41, 5.74) is -2.40. The zero-order chi connectivity index (χ0) is 7.99. The molecular weight excluding hydrogens is 149 g/mol. The molecule has 1 atom stereocenters. The Balaban J connectivity index is 2.78. The van der Waals surface area contributed by atoms with E-state index in [-0.39, 0.29) is 0 Å². The first kappa shape index (κ1) is 7.37. The summed E-state index contributed by atoms with van der Waals surface area (Å²) >= 11 is 0. The van der Waals surface area contributed by atoms with Crippen molar-refractivity contribution in [3.05, 3.63) is 0 Å². The zero-order valence-electron chi connectivity index (χ0n) is 4.90. The number of hydrogen-bond donors (Lipinski definition) is 1. The Morgan fingerprint density at radius 3 is 2.00 bits per heavy atom. The van der Waals surface area contributed by atoms with E-state index in [0.717, 1.165) is 0 Å². The van der Waals surface area contributed by atoms with Crippen LogP contribution in [0.1, 0.15) is 6.42 Å². The molecule has 1 aliphatic rings. The number of aliphatic carboxylic acids is 1. The van der Waals surface area contributed by atoms with Gasteiger partial charge in [0.2, 0.25) is 0 Å². The molecule has 5 heteroatoms. The second-order valence-corrected chi connectivity index (χ2v) is 2.40. The van der Waals surface area contributed by atoms with Gasteiger partial charge in [0.1, 0.15) is 6.67 Å². The van der Waals surface area contributed by atoms with Crippen LogP contribution < -0.4 is 0 Å². The lowest BCUT2D eigenvalue weighted by atomic mass is 10.1. The summed E-state index contributed by atoms with van der Waals surface area (Å²) < 4.78 is 35.9. The van der Waals surface area contributed by atoms with Crippen molar-refractivity contribution in [1.82, 2.24) is 0 Å². The SMILES string of the molecule is O=C(O)C1(CF)CC1(F)F. The second kappa shape index (κ2) is 1.65. The lowest BCUT2D eigenvalue weighted by molar-refractivity contribution is -0.148. The third-order valence-electron chi connectivity index (χ3n) is 1.74. The van der Waals surface area contributed by atoms with E-state index in [9.17, 15) is 18.0 Å². The Bertz CT molecular complexity index is 180. The molecule has 0 saturated heterocycles. The average molecular weight is 154 g/mol. The van der Waals surface area contributed by atoms with Crippen molar-refractivity contribution in [2.75, 3.05) is 6.67 Å². The van der Waals surface area contributed by atoms with Crippen molar-refractivity contribution in [1.29, 1.82) is 0 Å².